The first kappa shape index (κ1) is 25.4. The van der Waals surface area contributed by atoms with Crippen molar-refractivity contribution < 1.29 is 18.5 Å². The molecule has 1 atom stereocenters. The Morgan fingerprint density at radius 3 is 2.22 bits per heavy atom. The summed E-state index contributed by atoms with van der Waals surface area (Å²) in [4.78, 5) is 10.8. The third-order valence-corrected chi connectivity index (χ3v) is 6.74. The molecule has 0 bridgehead atoms. The molecular formula is C23H28N3O5P. The molecule has 1 unspecified atom stereocenters. The van der Waals surface area contributed by atoms with E-state index in [2.05, 4.69) is 6.58 Å². The molecule has 0 N–H and O–H groups in total. The van der Waals surface area contributed by atoms with Crippen molar-refractivity contribution in [1.29, 1.82) is 5.26 Å². The van der Waals surface area contributed by atoms with Crippen LogP contribution in [0.25, 0.3) is 0 Å². The van der Waals surface area contributed by atoms with Crippen molar-refractivity contribution in [3.8, 4) is 6.07 Å². The quantitative estimate of drug-likeness (QED) is 0.172. The van der Waals surface area contributed by atoms with Crippen LogP contribution in [0.4, 0.5) is 5.69 Å². The molecule has 0 saturated heterocycles. The fraction of sp³-hybridized carbons (Fsp3) is 0.348. The average Bonchev–Trinajstić information content (AvgIpc) is 2.72. The molecule has 0 fully saturated rings. The van der Waals surface area contributed by atoms with Gasteiger partial charge >= 0.3 is 7.75 Å². The number of non-ortho nitro benzene ring substituents is 1. The van der Waals surface area contributed by atoms with Crippen LogP contribution in [0.2, 0.25) is 0 Å². The van der Waals surface area contributed by atoms with Gasteiger partial charge in [0.25, 0.3) is 5.69 Å². The third-order valence-electron chi connectivity index (χ3n) is 4.36. The second-order valence-corrected chi connectivity index (χ2v) is 9.62. The Balaban J connectivity index is 2.73. The smallest absolute Gasteiger partial charge is 0.294 e. The lowest BCUT2D eigenvalue weighted by Crippen LogP contribution is -2.30. The fourth-order valence-corrected chi connectivity index (χ4v) is 5.44. The molecule has 0 aromatic heterocycles. The summed E-state index contributed by atoms with van der Waals surface area (Å²) in [6.07, 6.45) is -0.891. The van der Waals surface area contributed by atoms with Crippen molar-refractivity contribution in [3.05, 3.63) is 88.0 Å². The molecule has 0 heterocycles. The summed E-state index contributed by atoms with van der Waals surface area (Å²) in [6.45, 7) is 10.9. The summed E-state index contributed by atoms with van der Waals surface area (Å²) >= 11 is 0. The van der Waals surface area contributed by atoms with Crippen LogP contribution in [0.15, 0.2) is 66.7 Å². The van der Waals surface area contributed by atoms with Gasteiger partial charge in [-0.2, -0.15) is 9.93 Å². The Bertz CT molecular complexity index is 1020. The monoisotopic (exact) mass is 457 g/mol. The number of hydrogen-bond donors (Lipinski definition) is 0. The molecule has 0 spiro atoms. The van der Waals surface area contributed by atoms with Crippen molar-refractivity contribution in [2.24, 2.45) is 0 Å². The van der Waals surface area contributed by atoms with Gasteiger partial charge < -0.3 is 0 Å². The third kappa shape index (κ3) is 6.59. The van der Waals surface area contributed by atoms with E-state index in [0.29, 0.717) is 5.56 Å². The van der Waals surface area contributed by atoms with Gasteiger partial charge in [0.2, 0.25) is 0 Å². The van der Waals surface area contributed by atoms with Crippen LogP contribution in [0.1, 0.15) is 44.9 Å². The Kier molecular flexibility index (Phi) is 8.88. The molecule has 9 heteroatoms. The van der Waals surface area contributed by atoms with Gasteiger partial charge in [-0.1, -0.05) is 49.0 Å². The second-order valence-electron chi connectivity index (χ2n) is 7.75. The van der Waals surface area contributed by atoms with Gasteiger partial charge in [0.1, 0.15) is 0 Å². The summed E-state index contributed by atoms with van der Waals surface area (Å²) < 4.78 is 27.3. The van der Waals surface area contributed by atoms with Crippen molar-refractivity contribution in [2.75, 3.05) is 0 Å². The molecule has 0 saturated carbocycles. The van der Waals surface area contributed by atoms with Gasteiger partial charge in [-0.05, 0) is 38.8 Å². The lowest BCUT2D eigenvalue weighted by Gasteiger charge is -2.37. The van der Waals surface area contributed by atoms with Gasteiger partial charge in [-0.25, -0.2) is 4.57 Å². The van der Waals surface area contributed by atoms with Crippen LogP contribution in [0, 0.1) is 21.4 Å². The first-order valence-electron chi connectivity index (χ1n) is 10.2. The van der Waals surface area contributed by atoms with E-state index >= 15 is 0 Å². The van der Waals surface area contributed by atoms with Crippen LogP contribution < -0.4 is 0 Å². The summed E-state index contributed by atoms with van der Waals surface area (Å²) in [5.74, 6) is 0. The van der Waals surface area contributed by atoms with Crippen molar-refractivity contribution >= 4 is 13.4 Å². The molecule has 32 heavy (non-hydrogen) atoms. The van der Waals surface area contributed by atoms with Gasteiger partial charge in [0.05, 0.1) is 29.2 Å². The maximum atomic E-state index is 14.2. The highest BCUT2D eigenvalue weighted by Crippen LogP contribution is 2.59. The van der Waals surface area contributed by atoms with E-state index in [4.69, 9.17) is 9.05 Å². The van der Waals surface area contributed by atoms with Crippen molar-refractivity contribution in [2.45, 2.75) is 52.5 Å². The van der Waals surface area contributed by atoms with Crippen LogP contribution in [0.5, 0.6) is 0 Å². The molecule has 8 nitrogen and oxygen atoms in total. The molecular weight excluding hydrogens is 429 g/mol. The Hall–Kier alpha value is -2.82. The van der Waals surface area contributed by atoms with Gasteiger partial charge in [-0.15, -0.1) is 0 Å². The van der Waals surface area contributed by atoms with E-state index in [1.54, 1.807) is 33.8 Å². The summed E-state index contributed by atoms with van der Waals surface area (Å²) in [7, 11) is -3.98. The summed E-state index contributed by atoms with van der Waals surface area (Å²) in [5, 5.41) is 21.1. The molecule has 0 aliphatic rings. The topological polar surface area (TPSA) is 106 Å². The van der Waals surface area contributed by atoms with Crippen LogP contribution >= 0.6 is 7.75 Å². The SMILES string of the molecule is C=C(C#N)C(c1cccc([N+](=O)[O-])c1)N(Cc1ccccc1)P(=O)(OC(C)C)OC(C)C. The van der Waals surface area contributed by atoms with Crippen molar-refractivity contribution in [1.82, 2.24) is 4.67 Å². The number of benzene rings is 2. The number of nitrogens with zero attached hydrogens (tertiary/aromatic N) is 3. The van der Waals surface area contributed by atoms with Crippen LogP contribution in [-0.4, -0.2) is 21.8 Å². The van der Waals surface area contributed by atoms with E-state index in [1.807, 2.05) is 36.4 Å². The normalized spacial score (nSPS) is 12.7. The van der Waals surface area contributed by atoms with E-state index in [0.717, 1.165) is 5.56 Å². The molecule has 2 rings (SSSR count). The molecule has 0 aliphatic heterocycles. The standard InChI is InChI=1S/C23H28N3O5P/c1-17(2)30-32(29,31-18(3)4)25(16-20-10-7-6-8-11-20)23(19(5)15-24)21-12-9-13-22(14-21)26(27)28/h6-14,17-18,23H,5,16H2,1-4H3. The van der Waals surface area contributed by atoms with Crippen LogP contribution in [0.3, 0.4) is 0 Å². The Labute approximate surface area is 188 Å². The Morgan fingerprint density at radius 2 is 1.72 bits per heavy atom. The lowest BCUT2D eigenvalue weighted by molar-refractivity contribution is -0.384. The van der Waals surface area contributed by atoms with E-state index in [9.17, 15) is 19.9 Å². The predicted molar refractivity (Wildman–Crippen MR) is 123 cm³/mol. The largest absolute Gasteiger partial charge is 0.409 e. The minimum absolute atomic E-state index is 0.0568. The van der Waals surface area contributed by atoms with Gasteiger partial charge in [-0.3, -0.25) is 19.2 Å². The zero-order chi connectivity index (χ0) is 23.9. The van der Waals surface area contributed by atoms with Crippen LogP contribution in [-0.2, 0) is 20.2 Å². The first-order valence-corrected chi connectivity index (χ1v) is 11.7. The van der Waals surface area contributed by atoms with E-state index < -0.39 is 30.9 Å². The molecule has 0 amide bonds. The predicted octanol–water partition coefficient (Wildman–Crippen LogP) is 6.18. The molecule has 0 aliphatic carbocycles. The molecule has 2 aromatic rings. The number of rotatable bonds is 11. The first-order chi connectivity index (χ1) is 15.1. The van der Waals surface area contributed by atoms with E-state index in [1.165, 1.54) is 22.9 Å². The maximum absolute atomic E-state index is 14.2. The van der Waals surface area contributed by atoms with Gasteiger partial charge in [0.15, 0.2) is 0 Å². The second kappa shape index (κ2) is 11.2. The highest BCUT2D eigenvalue weighted by molar-refractivity contribution is 7.51. The summed E-state index contributed by atoms with van der Waals surface area (Å²) in [5.41, 5.74) is 1.10. The fourth-order valence-electron chi connectivity index (χ4n) is 3.19. The molecule has 170 valence electrons. The molecule has 0 radical (unpaired) electrons. The molecule has 2 aromatic carbocycles. The Morgan fingerprint density at radius 1 is 1.12 bits per heavy atom. The number of hydrogen-bond acceptors (Lipinski definition) is 6. The number of nitriles is 1. The highest BCUT2D eigenvalue weighted by Gasteiger charge is 2.42. The zero-order valence-electron chi connectivity index (χ0n) is 18.7. The minimum Gasteiger partial charge on any atom is -0.294 e. The zero-order valence-corrected chi connectivity index (χ0v) is 19.6. The van der Waals surface area contributed by atoms with E-state index in [-0.39, 0.29) is 17.8 Å². The maximum Gasteiger partial charge on any atom is 0.409 e. The number of nitro groups is 1. The summed E-state index contributed by atoms with van der Waals surface area (Å²) in [6, 6.07) is 16.1. The van der Waals surface area contributed by atoms with Crippen molar-refractivity contribution in [3.63, 3.8) is 0 Å². The highest BCUT2D eigenvalue weighted by atomic mass is 31.2. The average molecular weight is 457 g/mol. The minimum atomic E-state index is -3.98. The lowest BCUT2D eigenvalue weighted by atomic mass is 9.99. The van der Waals surface area contributed by atoms with Gasteiger partial charge in [0, 0.05) is 24.3 Å². The number of nitro benzene ring substituents is 1.